The Bertz CT molecular complexity index is 268. The van der Waals surface area contributed by atoms with E-state index in [1.807, 2.05) is 0 Å². The van der Waals surface area contributed by atoms with Gasteiger partial charge in [0, 0.05) is 6.54 Å². The molecule has 1 atom stereocenters. The highest BCUT2D eigenvalue weighted by molar-refractivity contribution is 5.76. The molecule has 0 amide bonds. The van der Waals surface area contributed by atoms with E-state index in [9.17, 15) is 9.90 Å². The van der Waals surface area contributed by atoms with Crippen LogP contribution in [0.1, 0.15) is 46.5 Å². The number of aliphatic hydroxyl groups is 1. The lowest BCUT2D eigenvalue weighted by Crippen LogP contribution is -2.46. The van der Waals surface area contributed by atoms with E-state index in [0.717, 1.165) is 18.4 Å². The van der Waals surface area contributed by atoms with Crippen molar-refractivity contribution in [2.75, 3.05) is 13.1 Å². The molecule has 1 rings (SSSR count). The smallest absolute Gasteiger partial charge is 0.336 e. The summed E-state index contributed by atoms with van der Waals surface area (Å²) in [4.78, 5) is 10.7. The summed E-state index contributed by atoms with van der Waals surface area (Å²) in [5.74, 6) is 1.08. The number of hydrogen-bond donors (Lipinski definition) is 3. The summed E-state index contributed by atoms with van der Waals surface area (Å²) < 4.78 is 0. The Kier molecular flexibility index (Phi) is 5.60. The van der Waals surface area contributed by atoms with Crippen LogP contribution in [0.4, 0.5) is 0 Å². The third-order valence-corrected chi connectivity index (χ3v) is 4.20. The molecule has 0 radical (unpaired) electrons. The molecular weight excluding hydrogens is 230 g/mol. The van der Waals surface area contributed by atoms with Crippen LogP contribution < -0.4 is 5.32 Å². The average Bonchev–Trinajstić information content (AvgIpc) is 2.29. The molecule has 0 aliphatic heterocycles. The Morgan fingerprint density at radius 1 is 1.33 bits per heavy atom. The highest BCUT2D eigenvalue weighted by Crippen LogP contribution is 2.32. The predicted octanol–water partition coefficient (Wildman–Crippen LogP) is 1.87. The van der Waals surface area contributed by atoms with Crippen LogP contribution in [0.2, 0.25) is 0 Å². The molecule has 18 heavy (non-hydrogen) atoms. The number of rotatable bonds is 6. The summed E-state index contributed by atoms with van der Waals surface area (Å²) in [5, 5.41) is 21.4. The van der Waals surface area contributed by atoms with Gasteiger partial charge in [0.25, 0.3) is 0 Å². The molecule has 1 fully saturated rings. The van der Waals surface area contributed by atoms with Crippen LogP contribution in [0.25, 0.3) is 0 Å². The quantitative estimate of drug-likeness (QED) is 0.679. The highest BCUT2D eigenvalue weighted by atomic mass is 16.4. The molecule has 0 saturated heterocycles. The van der Waals surface area contributed by atoms with Crippen LogP contribution >= 0.6 is 0 Å². The maximum absolute atomic E-state index is 10.7. The molecule has 3 N–H and O–H groups in total. The van der Waals surface area contributed by atoms with E-state index in [0.29, 0.717) is 5.92 Å². The lowest BCUT2D eigenvalue weighted by atomic mass is 9.77. The summed E-state index contributed by atoms with van der Waals surface area (Å²) in [6, 6.07) is 0. The maximum atomic E-state index is 10.7. The summed E-state index contributed by atoms with van der Waals surface area (Å²) in [5.41, 5.74) is -1.66. The second-order valence-corrected chi connectivity index (χ2v) is 6.23. The number of carbonyl (C=O) groups is 1. The highest BCUT2D eigenvalue weighted by Gasteiger charge is 2.30. The van der Waals surface area contributed by atoms with E-state index in [4.69, 9.17) is 5.11 Å². The van der Waals surface area contributed by atoms with Crippen LogP contribution in [-0.4, -0.2) is 34.9 Å². The molecule has 106 valence electrons. The van der Waals surface area contributed by atoms with Crippen LogP contribution in [-0.2, 0) is 4.79 Å². The zero-order valence-electron chi connectivity index (χ0n) is 11.8. The van der Waals surface area contributed by atoms with Gasteiger partial charge in [0.2, 0.25) is 0 Å². The van der Waals surface area contributed by atoms with Gasteiger partial charge in [0.1, 0.15) is 0 Å². The minimum atomic E-state index is -1.66. The third kappa shape index (κ3) is 4.58. The average molecular weight is 257 g/mol. The monoisotopic (exact) mass is 257 g/mol. The lowest BCUT2D eigenvalue weighted by molar-refractivity contribution is -0.156. The molecule has 0 aromatic heterocycles. The summed E-state index contributed by atoms with van der Waals surface area (Å²) >= 11 is 0. The van der Waals surface area contributed by atoms with Gasteiger partial charge in [-0.1, -0.05) is 13.8 Å². The van der Waals surface area contributed by atoms with Gasteiger partial charge < -0.3 is 15.5 Å². The predicted molar refractivity (Wildman–Crippen MR) is 71.4 cm³/mol. The number of nitrogens with one attached hydrogen (secondary N) is 1. The van der Waals surface area contributed by atoms with Crippen LogP contribution in [0.15, 0.2) is 0 Å². The first-order chi connectivity index (χ1) is 8.33. The maximum Gasteiger partial charge on any atom is 0.336 e. The van der Waals surface area contributed by atoms with Gasteiger partial charge >= 0.3 is 5.97 Å². The van der Waals surface area contributed by atoms with Gasteiger partial charge in [-0.15, -0.1) is 0 Å². The first-order valence-corrected chi connectivity index (χ1v) is 6.99. The normalized spacial score (nSPS) is 28.1. The van der Waals surface area contributed by atoms with Gasteiger partial charge in [-0.2, -0.15) is 0 Å². The number of carboxylic acid groups (broad SMARTS) is 1. The fourth-order valence-electron chi connectivity index (χ4n) is 2.65. The van der Waals surface area contributed by atoms with E-state index < -0.39 is 11.6 Å². The molecule has 0 spiro atoms. The Labute approximate surface area is 110 Å². The molecule has 4 nitrogen and oxygen atoms in total. The van der Waals surface area contributed by atoms with Gasteiger partial charge in [0.05, 0.1) is 0 Å². The summed E-state index contributed by atoms with van der Waals surface area (Å²) in [6.45, 7) is 6.83. The van der Waals surface area contributed by atoms with Gasteiger partial charge in [-0.05, 0) is 56.9 Å². The fourth-order valence-corrected chi connectivity index (χ4v) is 2.65. The molecule has 4 heteroatoms. The third-order valence-electron chi connectivity index (χ3n) is 4.20. The minimum Gasteiger partial charge on any atom is -0.479 e. The van der Waals surface area contributed by atoms with Crippen molar-refractivity contribution in [1.82, 2.24) is 5.32 Å². The molecule has 1 aliphatic rings. The Balaban J connectivity index is 2.21. The van der Waals surface area contributed by atoms with Gasteiger partial charge in [-0.25, -0.2) is 4.79 Å². The van der Waals surface area contributed by atoms with Crippen molar-refractivity contribution in [2.24, 2.45) is 17.8 Å². The van der Waals surface area contributed by atoms with Crippen molar-refractivity contribution in [3.05, 3.63) is 0 Å². The molecule has 1 saturated carbocycles. The minimum absolute atomic E-state index is 0.118. The second kappa shape index (κ2) is 6.53. The molecule has 0 bridgehead atoms. The summed E-state index contributed by atoms with van der Waals surface area (Å²) in [6.07, 6.45) is 4.98. The van der Waals surface area contributed by atoms with Gasteiger partial charge in [0.15, 0.2) is 5.60 Å². The lowest BCUT2D eigenvalue weighted by Gasteiger charge is -2.31. The first-order valence-electron chi connectivity index (χ1n) is 6.99. The number of hydrogen-bond acceptors (Lipinski definition) is 3. The van der Waals surface area contributed by atoms with Crippen LogP contribution in [0.5, 0.6) is 0 Å². The van der Waals surface area contributed by atoms with Crippen molar-refractivity contribution >= 4 is 5.97 Å². The van der Waals surface area contributed by atoms with E-state index in [2.05, 4.69) is 19.2 Å². The zero-order chi connectivity index (χ0) is 13.8. The zero-order valence-corrected chi connectivity index (χ0v) is 11.8. The Morgan fingerprint density at radius 2 is 1.89 bits per heavy atom. The van der Waals surface area contributed by atoms with Crippen LogP contribution in [0.3, 0.4) is 0 Å². The largest absolute Gasteiger partial charge is 0.479 e. The van der Waals surface area contributed by atoms with Crippen molar-refractivity contribution in [1.29, 1.82) is 0 Å². The van der Waals surface area contributed by atoms with Crippen molar-refractivity contribution in [2.45, 2.75) is 52.1 Å². The molecular formula is C14H27NO3. The molecule has 0 heterocycles. The molecule has 1 unspecified atom stereocenters. The van der Waals surface area contributed by atoms with E-state index in [-0.39, 0.29) is 6.54 Å². The van der Waals surface area contributed by atoms with Crippen LogP contribution in [0, 0.1) is 17.8 Å². The van der Waals surface area contributed by atoms with E-state index >= 15 is 0 Å². The Hall–Kier alpha value is -0.610. The number of carboxylic acids is 1. The SMILES string of the molecule is CC(C)C1CCC(CNCC(C)(O)C(=O)O)CC1. The van der Waals surface area contributed by atoms with E-state index in [1.54, 1.807) is 0 Å². The molecule has 0 aromatic carbocycles. The number of aliphatic carboxylic acids is 1. The second-order valence-electron chi connectivity index (χ2n) is 6.23. The topological polar surface area (TPSA) is 69.6 Å². The van der Waals surface area contributed by atoms with Crippen molar-refractivity contribution < 1.29 is 15.0 Å². The fraction of sp³-hybridized carbons (Fsp3) is 0.929. The van der Waals surface area contributed by atoms with E-state index in [1.165, 1.54) is 32.6 Å². The first kappa shape index (κ1) is 15.4. The molecule has 0 aromatic rings. The standard InChI is InChI=1S/C14H27NO3/c1-10(2)12-6-4-11(5-7-12)8-15-9-14(3,18)13(16)17/h10-12,15,18H,4-9H2,1-3H3,(H,16,17). The summed E-state index contributed by atoms with van der Waals surface area (Å²) in [7, 11) is 0. The van der Waals surface area contributed by atoms with Crippen molar-refractivity contribution in [3.63, 3.8) is 0 Å². The Morgan fingerprint density at radius 3 is 2.33 bits per heavy atom. The van der Waals surface area contributed by atoms with Gasteiger partial charge in [-0.3, -0.25) is 0 Å². The van der Waals surface area contributed by atoms with Crippen molar-refractivity contribution in [3.8, 4) is 0 Å². The molecule has 1 aliphatic carbocycles.